The Bertz CT molecular complexity index is 391. The van der Waals surface area contributed by atoms with Gasteiger partial charge in [-0.25, -0.2) is 8.42 Å². The number of aliphatic hydroxyl groups excluding tert-OH is 1. The van der Waals surface area contributed by atoms with Crippen molar-refractivity contribution in [1.29, 1.82) is 0 Å². The van der Waals surface area contributed by atoms with Crippen molar-refractivity contribution in [3.05, 3.63) is 0 Å². The van der Waals surface area contributed by atoms with E-state index in [0.717, 1.165) is 25.7 Å². The van der Waals surface area contributed by atoms with Crippen LogP contribution in [0.15, 0.2) is 0 Å². The Labute approximate surface area is 104 Å². The molecule has 0 aromatic heterocycles. The van der Waals surface area contributed by atoms with Crippen LogP contribution in [0, 0.1) is 5.41 Å². The molecule has 2 aliphatic rings. The SMILES string of the molecule is CC1(C)C(O)CC1NC1CCCC1S(C)(=O)=O. The van der Waals surface area contributed by atoms with E-state index in [9.17, 15) is 13.5 Å². The second-order valence-electron chi connectivity index (χ2n) is 6.20. The van der Waals surface area contributed by atoms with Crippen molar-refractivity contribution in [1.82, 2.24) is 5.32 Å². The van der Waals surface area contributed by atoms with Crippen molar-refractivity contribution in [2.45, 2.75) is 63.0 Å². The zero-order valence-corrected chi connectivity index (χ0v) is 11.6. The van der Waals surface area contributed by atoms with E-state index in [1.807, 2.05) is 13.8 Å². The predicted molar refractivity (Wildman–Crippen MR) is 67.6 cm³/mol. The van der Waals surface area contributed by atoms with Gasteiger partial charge in [-0.15, -0.1) is 0 Å². The minimum atomic E-state index is -2.96. The van der Waals surface area contributed by atoms with Crippen LogP contribution in [0.4, 0.5) is 0 Å². The molecule has 4 nitrogen and oxygen atoms in total. The molecule has 100 valence electrons. The number of nitrogens with one attached hydrogen (secondary N) is 1. The molecule has 0 aromatic rings. The van der Waals surface area contributed by atoms with Gasteiger partial charge in [-0.3, -0.25) is 0 Å². The highest BCUT2D eigenvalue weighted by atomic mass is 32.2. The molecular weight excluding hydrogens is 238 g/mol. The zero-order chi connectivity index (χ0) is 12.8. The van der Waals surface area contributed by atoms with Crippen molar-refractivity contribution in [2.75, 3.05) is 6.26 Å². The van der Waals surface area contributed by atoms with Crippen molar-refractivity contribution >= 4 is 9.84 Å². The summed E-state index contributed by atoms with van der Waals surface area (Å²) in [5, 5.41) is 12.9. The number of aliphatic hydroxyl groups is 1. The van der Waals surface area contributed by atoms with Crippen LogP contribution < -0.4 is 5.32 Å². The van der Waals surface area contributed by atoms with Crippen LogP contribution in [0.3, 0.4) is 0 Å². The maximum atomic E-state index is 11.7. The molecule has 2 saturated carbocycles. The third kappa shape index (κ3) is 2.37. The molecule has 2 N–H and O–H groups in total. The smallest absolute Gasteiger partial charge is 0.151 e. The lowest BCUT2D eigenvalue weighted by Crippen LogP contribution is -2.63. The van der Waals surface area contributed by atoms with Gasteiger partial charge in [0.05, 0.1) is 11.4 Å². The summed E-state index contributed by atoms with van der Waals surface area (Å²) < 4.78 is 23.3. The minimum Gasteiger partial charge on any atom is -0.392 e. The number of sulfone groups is 1. The van der Waals surface area contributed by atoms with E-state index in [0.29, 0.717) is 0 Å². The summed E-state index contributed by atoms with van der Waals surface area (Å²) in [7, 11) is -2.96. The molecule has 5 heteroatoms. The summed E-state index contributed by atoms with van der Waals surface area (Å²) in [6.07, 6.45) is 4.48. The highest BCUT2D eigenvalue weighted by molar-refractivity contribution is 7.91. The zero-order valence-electron chi connectivity index (χ0n) is 10.8. The lowest BCUT2D eigenvalue weighted by Gasteiger charge is -2.51. The van der Waals surface area contributed by atoms with Crippen molar-refractivity contribution < 1.29 is 13.5 Å². The fraction of sp³-hybridized carbons (Fsp3) is 1.00. The Kier molecular flexibility index (Phi) is 3.30. The van der Waals surface area contributed by atoms with Gasteiger partial charge in [-0.1, -0.05) is 20.3 Å². The molecule has 4 atom stereocenters. The number of rotatable bonds is 3. The average Bonchev–Trinajstić information content (AvgIpc) is 2.65. The van der Waals surface area contributed by atoms with Gasteiger partial charge in [-0.2, -0.15) is 0 Å². The standard InChI is InChI=1S/C12H23NO3S/c1-12(2)10(7-11(12)14)13-8-5-4-6-9(8)17(3,15)16/h8-11,13-14H,4-7H2,1-3H3. The average molecular weight is 261 g/mol. The largest absolute Gasteiger partial charge is 0.392 e. The summed E-state index contributed by atoms with van der Waals surface area (Å²) in [5.74, 6) is 0. The van der Waals surface area contributed by atoms with E-state index >= 15 is 0 Å². The van der Waals surface area contributed by atoms with Gasteiger partial charge in [0.25, 0.3) is 0 Å². The molecule has 0 saturated heterocycles. The van der Waals surface area contributed by atoms with Gasteiger partial charge in [0, 0.05) is 23.8 Å². The topological polar surface area (TPSA) is 66.4 Å². The van der Waals surface area contributed by atoms with E-state index < -0.39 is 9.84 Å². The van der Waals surface area contributed by atoms with Crippen LogP contribution in [0.2, 0.25) is 0 Å². The molecule has 0 bridgehead atoms. The first-order valence-corrected chi connectivity index (χ1v) is 8.31. The highest BCUT2D eigenvalue weighted by Crippen LogP contribution is 2.41. The lowest BCUT2D eigenvalue weighted by molar-refractivity contribution is -0.0755. The lowest BCUT2D eigenvalue weighted by atomic mass is 9.64. The Morgan fingerprint density at radius 3 is 2.41 bits per heavy atom. The Hall–Kier alpha value is -0.130. The minimum absolute atomic E-state index is 0.0711. The number of hydrogen-bond donors (Lipinski definition) is 2. The Morgan fingerprint density at radius 2 is 1.94 bits per heavy atom. The van der Waals surface area contributed by atoms with E-state index in [1.165, 1.54) is 6.26 Å². The molecule has 17 heavy (non-hydrogen) atoms. The molecular formula is C12H23NO3S. The van der Waals surface area contributed by atoms with Gasteiger partial charge >= 0.3 is 0 Å². The third-order valence-electron chi connectivity index (χ3n) is 4.63. The molecule has 2 rings (SSSR count). The maximum absolute atomic E-state index is 11.7. The monoisotopic (exact) mass is 261 g/mol. The Morgan fingerprint density at radius 1 is 1.29 bits per heavy atom. The molecule has 0 aromatic carbocycles. The molecule has 2 aliphatic carbocycles. The summed E-state index contributed by atoms with van der Waals surface area (Å²) in [4.78, 5) is 0. The summed E-state index contributed by atoms with van der Waals surface area (Å²) >= 11 is 0. The number of hydrogen-bond acceptors (Lipinski definition) is 4. The first kappa shape index (κ1) is 13.3. The fourth-order valence-electron chi connectivity index (χ4n) is 3.07. The second-order valence-corrected chi connectivity index (χ2v) is 8.46. The van der Waals surface area contributed by atoms with E-state index in [4.69, 9.17) is 0 Å². The van der Waals surface area contributed by atoms with Gasteiger partial charge in [-0.05, 0) is 19.3 Å². The predicted octanol–water partition coefficient (Wildman–Crippen LogP) is 0.701. The Balaban J connectivity index is 2.00. The quantitative estimate of drug-likeness (QED) is 0.785. The molecule has 0 spiro atoms. The van der Waals surface area contributed by atoms with Crippen molar-refractivity contribution in [3.8, 4) is 0 Å². The third-order valence-corrected chi connectivity index (χ3v) is 6.30. The van der Waals surface area contributed by atoms with Gasteiger partial charge in [0.2, 0.25) is 0 Å². The summed E-state index contributed by atoms with van der Waals surface area (Å²) in [6, 6.07) is 0.312. The van der Waals surface area contributed by atoms with Gasteiger partial charge < -0.3 is 10.4 Å². The first-order valence-electron chi connectivity index (χ1n) is 6.36. The molecule has 0 heterocycles. The summed E-state index contributed by atoms with van der Waals surface area (Å²) in [6.45, 7) is 4.06. The van der Waals surface area contributed by atoms with Crippen molar-refractivity contribution in [2.24, 2.45) is 5.41 Å². The van der Waals surface area contributed by atoms with Gasteiger partial charge in [0.15, 0.2) is 9.84 Å². The van der Waals surface area contributed by atoms with Crippen LogP contribution in [0.25, 0.3) is 0 Å². The molecule has 4 unspecified atom stereocenters. The second kappa shape index (κ2) is 4.21. The van der Waals surface area contributed by atoms with Crippen molar-refractivity contribution in [3.63, 3.8) is 0 Å². The van der Waals surface area contributed by atoms with Crippen LogP contribution >= 0.6 is 0 Å². The fourth-order valence-corrected chi connectivity index (χ4v) is 4.48. The van der Waals surface area contributed by atoms with E-state index in [1.54, 1.807) is 0 Å². The normalized spacial score (nSPS) is 41.2. The molecule has 0 radical (unpaired) electrons. The summed E-state index contributed by atoms with van der Waals surface area (Å²) in [5.41, 5.74) is -0.134. The highest BCUT2D eigenvalue weighted by Gasteiger charge is 2.49. The van der Waals surface area contributed by atoms with Crippen LogP contribution in [0.5, 0.6) is 0 Å². The molecule has 0 amide bonds. The molecule has 2 fully saturated rings. The first-order chi connectivity index (χ1) is 7.73. The van der Waals surface area contributed by atoms with Crippen LogP contribution in [-0.4, -0.2) is 43.2 Å². The van der Waals surface area contributed by atoms with Gasteiger partial charge in [0.1, 0.15) is 0 Å². The van der Waals surface area contributed by atoms with Crippen LogP contribution in [0.1, 0.15) is 39.5 Å². The van der Waals surface area contributed by atoms with Crippen LogP contribution in [-0.2, 0) is 9.84 Å². The maximum Gasteiger partial charge on any atom is 0.151 e. The van der Waals surface area contributed by atoms with E-state index in [2.05, 4.69) is 5.32 Å². The van der Waals surface area contributed by atoms with E-state index in [-0.39, 0.29) is 28.9 Å². The molecule has 0 aliphatic heterocycles.